The second kappa shape index (κ2) is 6.56. The molecule has 1 aliphatic carbocycles. The zero-order valence-corrected chi connectivity index (χ0v) is 16.1. The molecule has 1 spiro atoms. The van der Waals surface area contributed by atoms with Gasteiger partial charge in [-0.3, -0.25) is 4.98 Å². The van der Waals surface area contributed by atoms with Crippen molar-refractivity contribution in [3.8, 4) is 0 Å². The standard InChI is InChI=1S/C20H26F2N6/c1-12-6-13-9-25-18(27-15-2-4-23-5-3-15)28-16(13)17(26-12)14-7-19(8-14)10-24-11-20(19,21)22/h6,9,14-15,23-24H,2-5,7-8,10-11H2,1H3,(H,25,27,28). The van der Waals surface area contributed by atoms with Crippen LogP contribution in [0, 0.1) is 12.3 Å². The molecular weight excluding hydrogens is 362 g/mol. The highest BCUT2D eigenvalue weighted by Crippen LogP contribution is 2.60. The fraction of sp³-hybridized carbons (Fsp3) is 0.650. The summed E-state index contributed by atoms with van der Waals surface area (Å²) in [7, 11) is 0. The fourth-order valence-electron chi connectivity index (χ4n) is 5.00. The predicted octanol–water partition coefficient (Wildman–Crippen LogP) is 2.60. The van der Waals surface area contributed by atoms with E-state index in [1.54, 1.807) is 0 Å². The third-order valence-corrected chi connectivity index (χ3v) is 6.64. The van der Waals surface area contributed by atoms with Crippen LogP contribution >= 0.6 is 0 Å². The Bertz CT molecular complexity index is 890. The lowest BCUT2D eigenvalue weighted by atomic mass is 9.58. The Labute approximate surface area is 162 Å². The number of hydrogen-bond donors (Lipinski definition) is 3. The van der Waals surface area contributed by atoms with Crippen LogP contribution in [0.2, 0.25) is 0 Å². The van der Waals surface area contributed by atoms with E-state index < -0.39 is 11.3 Å². The molecule has 0 amide bonds. The molecule has 0 bridgehead atoms. The Morgan fingerprint density at radius 2 is 1.89 bits per heavy atom. The van der Waals surface area contributed by atoms with Crippen LogP contribution in [0.1, 0.15) is 43.0 Å². The number of hydrogen-bond acceptors (Lipinski definition) is 6. The van der Waals surface area contributed by atoms with Crippen LogP contribution in [-0.4, -0.2) is 53.1 Å². The highest BCUT2D eigenvalue weighted by molar-refractivity contribution is 5.82. The van der Waals surface area contributed by atoms with Gasteiger partial charge >= 0.3 is 0 Å². The molecule has 6 nitrogen and oxygen atoms in total. The third-order valence-electron chi connectivity index (χ3n) is 6.64. The molecule has 0 atom stereocenters. The van der Waals surface area contributed by atoms with Crippen molar-refractivity contribution in [2.24, 2.45) is 5.41 Å². The highest BCUT2D eigenvalue weighted by Gasteiger charge is 2.63. The normalized spacial score (nSPS) is 29.9. The molecule has 2 saturated heterocycles. The van der Waals surface area contributed by atoms with Crippen LogP contribution in [-0.2, 0) is 0 Å². The van der Waals surface area contributed by atoms with E-state index in [2.05, 4.69) is 20.9 Å². The molecule has 150 valence electrons. The number of nitrogens with zero attached hydrogens (tertiary/aromatic N) is 3. The van der Waals surface area contributed by atoms with Crippen LogP contribution in [0.4, 0.5) is 14.7 Å². The van der Waals surface area contributed by atoms with Gasteiger partial charge in [-0.05, 0) is 51.8 Å². The van der Waals surface area contributed by atoms with Gasteiger partial charge in [0.05, 0.1) is 17.8 Å². The lowest BCUT2D eigenvalue weighted by molar-refractivity contribution is -0.131. The minimum atomic E-state index is -2.64. The van der Waals surface area contributed by atoms with Gasteiger partial charge in [0.25, 0.3) is 5.92 Å². The summed E-state index contributed by atoms with van der Waals surface area (Å²) in [5.41, 5.74) is 1.60. The van der Waals surface area contributed by atoms with Gasteiger partial charge in [0.15, 0.2) is 0 Å². The lowest BCUT2D eigenvalue weighted by Crippen LogP contribution is -2.49. The van der Waals surface area contributed by atoms with Gasteiger partial charge in [0, 0.05) is 41.2 Å². The van der Waals surface area contributed by atoms with E-state index in [9.17, 15) is 8.78 Å². The molecule has 1 saturated carbocycles. The van der Waals surface area contributed by atoms with Crippen molar-refractivity contribution in [2.45, 2.75) is 50.5 Å². The molecule has 2 aromatic heterocycles. The average molecular weight is 388 g/mol. The Kier molecular flexibility index (Phi) is 4.24. The van der Waals surface area contributed by atoms with E-state index >= 15 is 0 Å². The number of aryl methyl sites for hydroxylation is 1. The highest BCUT2D eigenvalue weighted by atomic mass is 19.3. The zero-order valence-electron chi connectivity index (χ0n) is 16.1. The van der Waals surface area contributed by atoms with Crippen molar-refractivity contribution in [1.82, 2.24) is 25.6 Å². The Morgan fingerprint density at radius 3 is 2.61 bits per heavy atom. The summed E-state index contributed by atoms with van der Waals surface area (Å²) in [4.78, 5) is 14.0. The summed E-state index contributed by atoms with van der Waals surface area (Å²) in [6.07, 6.45) is 4.81. The summed E-state index contributed by atoms with van der Waals surface area (Å²) < 4.78 is 28.7. The second-order valence-electron chi connectivity index (χ2n) is 8.64. The van der Waals surface area contributed by atoms with Crippen LogP contribution in [0.15, 0.2) is 12.3 Å². The van der Waals surface area contributed by atoms with Gasteiger partial charge in [-0.15, -0.1) is 0 Å². The molecule has 2 aliphatic heterocycles. The first-order valence-electron chi connectivity index (χ1n) is 10.2. The number of rotatable bonds is 3. The van der Waals surface area contributed by atoms with Crippen LogP contribution in [0.5, 0.6) is 0 Å². The van der Waals surface area contributed by atoms with Gasteiger partial charge in [-0.25, -0.2) is 18.7 Å². The molecule has 0 unspecified atom stereocenters. The van der Waals surface area contributed by atoms with E-state index in [0.717, 1.165) is 48.2 Å². The molecule has 0 aromatic carbocycles. The minimum absolute atomic E-state index is 0.0230. The van der Waals surface area contributed by atoms with Crippen LogP contribution < -0.4 is 16.0 Å². The second-order valence-corrected chi connectivity index (χ2v) is 8.64. The van der Waals surface area contributed by atoms with Crippen molar-refractivity contribution in [3.05, 3.63) is 23.7 Å². The van der Waals surface area contributed by atoms with Crippen molar-refractivity contribution in [2.75, 3.05) is 31.5 Å². The molecule has 4 heterocycles. The maximum absolute atomic E-state index is 14.3. The molecule has 5 rings (SSSR count). The first-order valence-corrected chi connectivity index (χ1v) is 10.2. The monoisotopic (exact) mass is 388 g/mol. The molecule has 3 aliphatic rings. The lowest BCUT2D eigenvalue weighted by Gasteiger charge is -2.47. The molecule has 8 heteroatoms. The molecule has 0 radical (unpaired) electrons. The SMILES string of the molecule is Cc1cc2cnc(NC3CCNCC3)nc2c(C2CC3(CNCC3(F)F)C2)n1. The third kappa shape index (κ3) is 2.93. The number of fused-ring (bicyclic) bond motifs is 1. The minimum Gasteiger partial charge on any atom is -0.351 e. The number of anilines is 1. The summed E-state index contributed by atoms with van der Waals surface area (Å²) in [6, 6.07) is 2.32. The van der Waals surface area contributed by atoms with Crippen molar-refractivity contribution in [3.63, 3.8) is 0 Å². The average Bonchev–Trinajstić information content (AvgIpc) is 2.96. The van der Waals surface area contributed by atoms with Gasteiger partial charge < -0.3 is 16.0 Å². The topological polar surface area (TPSA) is 74.8 Å². The van der Waals surface area contributed by atoms with Gasteiger partial charge in [0.1, 0.15) is 0 Å². The number of piperidine rings is 1. The van der Waals surface area contributed by atoms with Gasteiger partial charge in [-0.2, -0.15) is 0 Å². The first kappa shape index (κ1) is 18.1. The van der Waals surface area contributed by atoms with E-state index in [0.29, 0.717) is 31.4 Å². The quantitative estimate of drug-likeness (QED) is 0.751. The largest absolute Gasteiger partial charge is 0.351 e. The summed E-state index contributed by atoms with van der Waals surface area (Å²) >= 11 is 0. The zero-order chi connectivity index (χ0) is 19.4. The molecule has 28 heavy (non-hydrogen) atoms. The van der Waals surface area contributed by atoms with Crippen molar-refractivity contribution in [1.29, 1.82) is 0 Å². The maximum atomic E-state index is 14.3. The van der Waals surface area contributed by atoms with E-state index in [1.165, 1.54) is 0 Å². The van der Waals surface area contributed by atoms with E-state index in [1.807, 2.05) is 19.2 Å². The summed E-state index contributed by atoms with van der Waals surface area (Å²) in [5, 5.41) is 10.6. The smallest absolute Gasteiger partial charge is 0.267 e. The Morgan fingerprint density at radius 1 is 1.11 bits per heavy atom. The molecule has 3 fully saturated rings. The van der Waals surface area contributed by atoms with Crippen molar-refractivity contribution < 1.29 is 8.78 Å². The number of halogens is 2. The molecular formula is C20H26F2N6. The van der Waals surface area contributed by atoms with Crippen LogP contribution in [0.25, 0.3) is 10.9 Å². The number of nitrogens with one attached hydrogen (secondary N) is 3. The maximum Gasteiger partial charge on any atom is 0.267 e. The number of aromatic nitrogens is 3. The Balaban J connectivity index is 1.44. The summed E-state index contributed by atoms with van der Waals surface area (Å²) in [5.74, 6) is -2.01. The van der Waals surface area contributed by atoms with Gasteiger partial charge in [0.2, 0.25) is 5.95 Å². The van der Waals surface area contributed by atoms with Crippen molar-refractivity contribution >= 4 is 16.9 Å². The number of alkyl halides is 2. The fourth-order valence-corrected chi connectivity index (χ4v) is 5.00. The number of pyridine rings is 1. The van der Waals surface area contributed by atoms with Gasteiger partial charge in [-0.1, -0.05) is 0 Å². The molecule has 3 N–H and O–H groups in total. The summed E-state index contributed by atoms with van der Waals surface area (Å²) in [6.45, 7) is 4.09. The van der Waals surface area contributed by atoms with E-state index in [-0.39, 0.29) is 12.5 Å². The first-order chi connectivity index (χ1) is 13.5. The Hall–Kier alpha value is -1.93. The van der Waals surface area contributed by atoms with E-state index in [4.69, 9.17) is 9.97 Å². The van der Waals surface area contributed by atoms with Crippen LogP contribution in [0.3, 0.4) is 0 Å². The molecule has 2 aromatic rings. The predicted molar refractivity (Wildman–Crippen MR) is 104 cm³/mol.